The molecule has 3 rings (SSSR count). The molecule has 0 fully saturated rings. The molecule has 2 aromatic carbocycles. The monoisotopic (exact) mass is 282 g/mol. The quantitative estimate of drug-likeness (QED) is 0.767. The Bertz CT molecular complexity index is 762. The van der Waals surface area contributed by atoms with E-state index in [2.05, 4.69) is 4.98 Å². The number of aliphatic carboxylic acids is 1. The number of hydrogen-bond acceptors (Lipinski definition) is 4. The Labute approximate surface area is 121 Å². The molecule has 1 atom stereocenters. The van der Waals surface area contributed by atoms with Crippen molar-refractivity contribution in [1.29, 1.82) is 0 Å². The molecule has 0 saturated carbocycles. The summed E-state index contributed by atoms with van der Waals surface area (Å²) in [4.78, 5) is 15.4. The molecule has 0 amide bonds. The lowest BCUT2D eigenvalue weighted by molar-refractivity contribution is -0.138. The lowest BCUT2D eigenvalue weighted by Gasteiger charge is -2.09. The second-order valence-electron chi connectivity index (χ2n) is 4.79. The minimum Gasteiger partial charge on any atom is -0.480 e. The molecule has 0 spiro atoms. The third kappa shape index (κ3) is 2.64. The average Bonchev–Trinajstić information content (AvgIpc) is 2.91. The van der Waals surface area contributed by atoms with Crippen LogP contribution in [0.25, 0.3) is 22.6 Å². The van der Waals surface area contributed by atoms with E-state index >= 15 is 0 Å². The third-order valence-corrected chi connectivity index (χ3v) is 3.30. The maximum atomic E-state index is 10.9. The van der Waals surface area contributed by atoms with Crippen molar-refractivity contribution in [3.8, 4) is 11.5 Å². The van der Waals surface area contributed by atoms with Gasteiger partial charge >= 0.3 is 5.97 Å². The number of benzene rings is 2. The van der Waals surface area contributed by atoms with Crippen LogP contribution in [0.5, 0.6) is 0 Å². The van der Waals surface area contributed by atoms with Crippen LogP contribution in [0.4, 0.5) is 0 Å². The van der Waals surface area contributed by atoms with Crippen molar-refractivity contribution in [2.75, 3.05) is 0 Å². The van der Waals surface area contributed by atoms with E-state index in [9.17, 15) is 4.79 Å². The zero-order valence-electron chi connectivity index (χ0n) is 11.2. The predicted molar refractivity (Wildman–Crippen MR) is 78.8 cm³/mol. The van der Waals surface area contributed by atoms with Gasteiger partial charge in [0.05, 0.1) is 0 Å². The van der Waals surface area contributed by atoms with Crippen LogP contribution in [0, 0.1) is 0 Å². The number of fused-ring (bicyclic) bond motifs is 1. The van der Waals surface area contributed by atoms with Crippen LogP contribution in [0.1, 0.15) is 5.56 Å². The lowest BCUT2D eigenvalue weighted by Crippen LogP contribution is -2.32. The van der Waals surface area contributed by atoms with Gasteiger partial charge in [-0.25, -0.2) is 4.98 Å². The minimum absolute atomic E-state index is 0.226. The molecule has 1 aromatic heterocycles. The smallest absolute Gasteiger partial charge is 0.320 e. The van der Waals surface area contributed by atoms with Gasteiger partial charge in [0.2, 0.25) is 5.89 Å². The van der Waals surface area contributed by atoms with Crippen LogP contribution in [-0.2, 0) is 11.2 Å². The Morgan fingerprint density at radius 2 is 1.90 bits per heavy atom. The largest absolute Gasteiger partial charge is 0.480 e. The number of nitrogens with two attached hydrogens (primary N) is 1. The molecule has 3 N–H and O–H groups in total. The summed E-state index contributed by atoms with van der Waals surface area (Å²) in [6, 6.07) is 13.9. The second kappa shape index (κ2) is 5.38. The number of oxazole rings is 1. The summed E-state index contributed by atoms with van der Waals surface area (Å²) in [7, 11) is 0. The van der Waals surface area contributed by atoms with Gasteiger partial charge in [0.1, 0.15) is 11.6 Å². The molecule has 5 nitrogen and oxygen atoms in total. The summed E-state index contributed by atoms with van der Waals surface area (Å²) >= 11 is 0. The molecule has 0 aliphatic rings. The fraction of sp³-hybridized carbons (Fsp3) is 0.125. The number of carboxylic acid groups (broad SMARTS) is 1. The molecule has 1 unspecified atom stereocenters. The van der Waals surface area contributed by atoms with E-state index in [1.807, 2.05) is 48.5 Å². The van der Waals surface area contributed by atoms with E-state index in [4.69, 9.17) is 15.3 Å². The molecule has 3 aromatic rings. The number of para-hydroxylation sites is 2. The summed E-state index contributed by atoms with van der Waals surface area (Å²) < 4.78 is 5.74. The topological polar surface area (TPSA) is 89.4 Å². The molecule has 0 aliphatic heterocycles. The first-order valence-electron chi connectivity index (χ1n) is 6.57. The summed E-state index contributed by atoms with van der Waals surface area (Å²) in [5, 5.41) is 8.96. The highest BCUT2D eigenvalue weighted by atomic mass is 16.4. The second-order valence-corrected chi connectivity index (χ2v) is 4.79. The molecule has 0 saturated heterocycles. The van der Waals surface area contributed by atoms with Crippen LogP contribution in [0.15, 0.2) is 52.9 Å². The molecule has 0 radical (unpaired) electrons. The first-order chi connectivity index (χ1) is 10.1. The summed E-state index contributed by atoms with van der Waals surface area (Å²) in [5.74, 6) is -0.549. The van der Waals surface area contributed by atoms with Crippen LogP contribution in [0.3, 0.4) is 0 Å². The fourth-order valence-electron chi connectivity index (χ4n) is 2.22. The SMILES string of the molecule is NC(Cc1ccccc1-c1nc2ccccc2o1)C(=O)O. The number of rotatable bonds is 4. The van der Waals surface area contributed by atoms with E-state index < -0.39 is 12.0 Å². The van der Waals surface area contributed by atoms with Gasteiger partial charge in [-0.3, -0.25) is 4.79 Å². The molecular formula is C16H14N2O3. The Morgan fingerprint density at radius 1 is 1.19 bits per heavy atom. The highest BCUT2D eigenvalue weighted by Gasteiger charge is 2.17. The highest BCUT2D eigenvalue weighted by Crippen LogP contribution is 2.27. The van der Waals surface area contributed by atoms with Gasteiger partial charge in [-0.15, -0.1) is 0 Å². The molecule has 1 heterocycles. The van der Waals surface area contributed by atoms with Crippen LogP contribution >= 0.6 is 0 Å². The summed E-state index contributed by atoms with van der Waals surface area (Å²) in [6.45, 7) is 0. The van der Waals surface area contributed by atoms with Crippen LogP contribution in [0.2, 0.25) is 0 Å². The minimum atomic E-state index is -1.03. The van der Waals surface area contributed by atoms with Gasteiger partial charge in [0, 0.05) is 5.56 Å². The number of carbonyl (C=O) groups is 1. The Morgan fingerprint density at radius 3 is 2.67 bits per heavy atom. The van der Waals surface area contributed by atoms with E-state index in [1.54, 1.807) is 0 Å². The van der Waals surface area contributed by atoms with Crippen molar-refractivity contribution >= 4 is 17.1 Å². The normalized spacial score (nSPS) is 12.4. The molecule has 0 aliphatic carbocycles. The Hall–Kier alpha value is -2.66. The van der Waals surface area contributed by atoms with Crippen LogP contribution in [-0.4, -0.2) is 22.1 Å². The van der Waals surface area contributed by atoms with Crippen molar-refractivity contribution < 1.29 is 14.3 Å². The van der Waals surface area contributed by atoms with Crippen molar-refractivity contribution in [1.82, 2.24) is 4.98 Å². The van der Waals surface area contributed by atoms with E-state index in [0.29, 0.717) is 11.5 Å². The number of carboxylic acids is 1. The molecule has 5 heteroatoms. The number of aromatic nitrogens is 1. The highest BCUT2D eigenvalue weighted by molar-refractivity contribution is 5.77. The maximum absolute atomic E-state index is 10.9. The summed E-state index contributed by atoms with van der Waals surface area (Å²) in [5.41, 5.74) is 8.66. The molecule has 21 heavy (non-hydrogen) atoms. The standard InChI is InChI=1S/C16H14N2O3/c17-12(16(19)20)9-10-5-1-2-6-11(10)15-18-13-7-3-4-8-14(13)21-15/h1-8,12H,9,17H2,(H,19,20). The van der Waals surface area contributed by atoms with Crippen molar-refractivity contribution in [3.05, 3.63) is 54.1 Å². The third-order valence-electron chi connectivity index (χ3n) is 3.30. The average molecular weight is 282 g/mol. The van der Waals surface area contributed by atoms with E-state index in [0.717, 1.165) is 16.6 Å². The maximum Gasteiger partial charge on any atom is 0.320 e. The van der Waals surface area contributed by atoms with Crippen molar-refractivity contribution in [3.63, 3.8) is 0 Å². The van der Waals surface area contributed by atoms with Gasteiger partial charge in [-0.05, 0) is 30.2 Å². The predicted octanol–water partition coefficient (Wildman–Crippen LogP) is 2.45. The van der Waals surface area contributed by atoms with Crippen molar-refractivity contribution in [2.24, 2.45) is 5.73 Å². The first-order valence-corrected chi connectivity index (χ1v) is 6.57. The molecule has 106 valence electrons. The lowest BCUT2D eigenvalue weighted by atomic mass is 10.0. The zero-order chi connectivity index (χ0) is 14.8. The zero-order valence-corrected chi connectivity index (χ0v) is 11.2. The van der Waals surface area contributed by atoms with Crippen molar-refractivity contribution in [2.45, 2.75) is 12.5 Å². The van der Waals surface area contributed by atoms with E-state index in [1.165, 1.54) is 0 Å². The van der Waals surface area contributed by atoms with Crippen LogP contribution < -0.4 is 5.73 Å². The summed E-state index contributed by atoms with van der Waals surface area (Å²) in [6.07, 6.45) is 0.226. The van der Waals surface area contributed by atoms with Gasteiger partial charge < -0.3 is 15.3 Å². The Kier molecular flexibility index (Phi) is 3.41. The fourth-order valence-corrected chi connectivity index (χ4v) is 2.22. The van der Waals surface area contributed by atoms with Gasteiger partial charge in [-0.2, -0.15) is 0 Å². The Balaban J connectivity index is 2.03. The number of hydrogen-bond donors (Lipinski definition) is 2. The van der Waals surface area contributed by atoms with Gasteiger partial charge in [0.15, 0.2) is 5.58 Å². The van der Waals surface area contributed by atoms with Gasteiger partial charge in [-0.1, -0.05) is 30.3 Å². The first kappa shape index (κ1) is 13.3. The number of nitrogens with zero attached hydrogens (tertiary/aromatic N) is 1. The van der Waals surface area contributed by atoms with E-state index in [-0.39, 0.29) is 6.42 Å². The molecule has 0 bridgehead atoms. The molecular weight excluding hydrogens is 268 g/mol. The van der Waals surface area contributed by atoms with Gasteiger partial charge in [0.25, 0.3) is 0 Å².